The molecule has 1 N–H and O–H groups in total. The van der Waals surface area contributed by atoms with Crippen molar-refractivity contribution >= 4 is 5.91 Å². The molecule has 0 unspecified atom stereocenters. The lowest BCUT2D eigenvalue weighted by Crippen LogP contribution is -2.45. The first-order valence-corrected chi connectivity index (χ1v) is 6.27. The van der Waals surface area contributed by atoms with Crippen molar-refractivity contribution in [2.75, 3.05) is 33.4 Å². The highest BCUT2D eigenvalue weighted by Gasteiger charge is 2.22. The summed E-state index contributed by atoms with van der Waals surface area (Å²) in [7, 11) is 1.64. The van der Waals surface area contributed by atoms with E-state index in [0.717, 1.165) is 13.0 Å². The second kappa shape index (κ2) is 7.63. The number of hydrogen-bond acceptors (Lipinski definition) is 3. The smallest absolute Gasteiger partial charge is 0.234 e. The Morgan fingerprint density at radius 1 is 1.50 bits per heavy atom. The Labute approximate surface area is 98.3 Å². The summed E-state index contributed by atoms with van der Waals surface area (Å²) in [6.07, 6.45) is 4.91. The van der Waals surface area contributed by atoms with E-state index in [-0.39, 0.29) is 5.91 Å². The molecule has 1 atom stereocenters. The molecule has 0 aromatic carbocycles. The Morgan fingerprint density at radius 3 is 3.00 bits per heavy atom. The maximum atomic E-state index is 11.6. The number of carbonyl (C=O) groups excluding carboxylic acids is 1. The van der Waals surface area contributed by atoms with E-state index in [4.69, 9.17) is 4.74 Å². The van der Waals surface area contributed by atoms with Crippen molar-refractivity contribution in [2.45, 2.75) is 38.6 Å². The minimum Gasteiger partial charge on any atom is -0.383 e. The van der Waals surface area contributed by atoms with Crippen LogP contribution >= 0.6 is 0 Å². The van der Waals surface area contributed by atoms with Gasteiger partial charge in [-0.05, 0) is 25.8 Å². The molecule has 1 aliphatic heterocycles. The van der Waals surface area contributed by atoms with Gasteiger partial charge in [-0.1, -0.05) is 13.3 Å². The molecule has 94 valence electrons. The van der Waals surface area contributed by atoms with E-state index in [0.29, 0.717) is 25.7 Å². The van der Waals surface area contributed by atoms with Gasteiger partial charge in [0.1, 0.15) is 0 Å². The van der Waals surface area contributed by atoms with Gasteiger partial charge in [-0.3, -0.25) is 9.69 Å². The summed E-state index contributed by atoms with van der Waals surface area (Å²) in [5.74, 6) is 0.123. The molecule has 1 heterocycles. The monoisotopic (exact) mass is 228 g/mol. The van der Waals surface area contributed by atoms with Crippen LogP contribution in [0.25, 0.3) is 0 Å². The van der Waals surface area contributed by atoms with Crippen molar-refractivity contribution in [1.82, 2.24) is 10.2 Å². The Hall–Kier alpha value is -0.610. The topological polar surface area (TPSA) is 41.6 Å². The van der Waals surface area contributed by atoms with Crippen LogP contribution in [-0.2, 0) is 9.53 Å². The number of likely N-dealkylation sites (tertiary alicyclic amines) is 1. The molecule has 1 aliphatic rings. The highest BCUT2D eigenvalue weighted by atomic mass is 16.5. The van der Waals surface area contributed by atoms with Crippen molar-refractivity contribution < 1.29 is 9.53 Å². The SMILES string of the molecule is CC[C@@H]1CCCCN1CC(=O)NCCOC. The molecular formula is C12H24N2O2. The Balaban J connectivity index is 2.25. The predicted octanol–water partition coefficient (Wildman–Crippen LogP) is 1.01. The van der Waals surface area contributed by atoms with Crippen molar-refractivity contribution in [1.29, 1.82) is 0 Å². The first-order chi connectivity index (χ1) is 7.77. The first kappa shape index (κ1) is 13.5. The third kappa shape index (κ3) is 4.49. The van der Waals surface area contributed by atoms with Gasteiger partial charge in [0.05, 0.1) is 13.2 Å². The average molecular weight is 228 g/mol. The minimum absolute atomic E-state index is 0.123. The van der Waals surface area contributed by atoms with Gasteiger partial charge < -0.3 is 10.1 Å². The largest absolute Gasteiger partial charge is 0.383 e. The van der Waals surface area contributed by atoms with E-state index in [1.54, 1.807) is 7.11 Å². The second-order valence-electron chi connectivity index (χ2n) is 4.37. The van der Waals surface area contributed by atoms with Crippen LogP contribution in [0.2, 0.25) is 0 Å². The van der Waals surface area contributed by atoms with Crippen LogP contribution in [0.1, 0.15) is 32.6 Å². The fraction of sp³-hybridized carbons (Fsp3) is 0.917. The molecule has 4 nitrogen and oxygen atoms in total. The van der Waals surface area contributed by atoms with Crippen molar-refractivity contribution in [3.8, 4) is 0 Å². The van der Waals surface area contributed by atoms with Crippen molar-refractivity contribution in [3.63, 3.8) is 0 Å². The van der Waals surface area contributed by atoms with Gasteiger partial charge in [0, 0.05) is 19.7 Å². The minimum atomic E-state index is 0.123. The standard InChI is InChI=1S/C12H24N2O2/c1-3-11-6-4-5-8-14(11)10-12(15)13-7-9-16-2/h11H,3-10H2,1-2H3,(H,13,15)/t11-/m1/s1. The summed E-state index contributed by atoms with van der Waals surface area (Å²) in [4.78, 5) is 14.0. The summed E-state index contributed by atoms with van der Waals surface area (Å²) < 4.78 is 4.90. The highest BCUT2D eigenvalue weighted by Crippen LogP contribution is 2.18. The van der Waals surface area contributed by atoms with Crippen LogP contribution in [0, 0.1) is 0 Å². The van der Waals surface area contributed by atoms with E-state index < -0.39 is 0 Å². The van der Waals surface area contributed by atoms with E-state index in [1.807, 2.05) is 0 Å². The average Bonchev–Trinajstić information content (AvgIpc) is 2.30. The number of amides is 1. The lowest BCUT2D eigenvalue weighted by atomic mass is 10.0. The van der Waals surface area contributed by atoms with Gasteiger partial charge >= 0.3 is 0 Å². The Morgan fingerprint density at radius 2 is 2.31 bits per heavy atom. The first-order valence-electron chi connectivity index (χ1n) is 6.27. The molecule has 0 saturated carbocycles. The molecular weight excluding hydrogens is 204 g/mol. The molecule has 0 radical (unpaired) electrons. The molecule has 0 aromatic rings. The predicted molar refractivity (Wildman–Crippen MR) is 64.4 cm³/mol. The molecule has 16 heavy (non-hydrogen) atoms. The third-order valence-corrected chi connectivity index (χ3v) is 3.20. The number of ether oxygens (including phenoxy) is 1. The molecule has 1 amide bonds. The fourth-order valence-electron chi connectivity index (χ4n) is 2.26. The summed E-state index contributed by atoms with van der Waals surface area (Å²) >= 11 is 0. The van der Waals surface area contributed by atoms with E-state index in [1.165, 1.54) is 19.3 Å². The summed E-state index contributed by atoms with van der Waals surface area (Å²) in [6.45, 7) is 5.01. The quantitative estimate of drug-likeness (QED) is 0.690. The van der Waals surface area contributed by atoms with Gasteiger partial charge in [0.15, 0.2) is 0 Å². The normalized spacial score (nSPS) is 22.0. The van der Waals surface area contributed by atoms with Gasteiger partial charge in [0.2, 0.25) is 5.91 Å². The highest BCUT2D eigenvalue weighted by molar-refractivity contribution is 5.78. The molecule has 0 spiro atoms. The van der Waals surface area contributed by atoms with Gasteiger partial charge in [-0.25, -0.2) is 0 Å². The van der Waals surface area contributed by atoms with Crippen LogP contribution in [0.5, 0.6) is 0 Å². The summed E-state index contributed by atoms with van der Waals surface area (Å²) in [5, 5.41) is 2.87. The number of hydrogen-bond donors (Lipinski definition) is 1. The lowest BCUT2D eigenvalue weighted by Gasteiger charge is -2.34. The number of methoxy groups -OCH3 is 1. The molecule has 1 fully saturated rings. The van der Waals surface area contributed by atoms with Crippen LogP contribution in [0.3, 0.4) is 0 Å². The van der Waals surface area contributed by atoms with E-state index in [9.17, 15) is 4.79 Å². The zero-order chi connectivity index (χ0) is 11.8. The summed E-state index contributed by atoms with van der Waals surface area (Å²) in [5.41, 5.74) is 0. The lowest BCUT2D eigenvalue weighted by molar-refractivity contribution is -0.123. The molecule has 0 aliphatic carbocycles. The Bertz CT molecular complexity index is 209. The number of carbonyl (C=O) groups is 1. The van der Waals surface area contributed by atoms with Crippen LogP contribution in [0.4, 0.5) is 0 Å². The Kier molecular flexibility index (Phi) is 6.42. The molecule has 1 saturated heterocycles. The van der Waals surface area contributed by atoms with Gasteiger partial charge in [0.25, 0.3) is 0 Å². The molecule has 0 aromatic heterocycles. The number of piperidine rings is 1. The van der Waals surface area contributed by atoms with Crippen LogP contribution in [0.15, 0.2) is 0 Å². The van der Waals surface area contributed by atoms with Crippen LogP contribution in [-0.4, -0.2) is 50.2 Å². The molecule has 0 bridgehead atoms. The molecule has 4 heteroatoms. The third-order valence-electron chi connectivity index (χ3n) is 3.20. The maximum absolute atomic E-state index is 11.6. The second-order valence-corrected chi connectivity index (χ2v) is 4.37. The van der Waals surface area contributed by atoms with E-state index >= 15 is 0 Å². The number of rotatable bonds is 6. The maximum Gasteiger partial charge on any atom is 0.234 e. The van der Waals surface area contributed by atoms with Crippen LogP contribution < -0.4 is 5.32 Å². The molecule has 1 rings (SSSR count). The van der Waals surface area contributed by atoms with Crippen molar-refractivity contribution in [3.05, 3.63) is 0 Å². The fourth-order valence-corrected chi connectivity index (χ4v) is 2.26. The number of nitrogens with zero attached hydrogens (tertiary/aromatic N) is 1. The van der Waals surface area contributed by atoms with Gasteiger partial charge in [-0.15, -0.1) is 0 Å². The number of nitrogens with one attached hydrogen (secondary N) is 1. The zero-order valence-electron chi connectivity index (χ0n) is 10.5. The summed E-state index contributed by atoms with van der Waals surface area (Å²) in [6, 6.07) is 0.599. The zero-order valence-corrected chi connectivity index (χ0v) is 10.5. The van der Waals surface area contributed by atoms with Crippen molar-refractivity contribution in [2.24, 2.45) is 0 Å². The van der Waals surface area contributed by atoms with Gasteiger partial charge in [-0.2, -0.15) is 0 Å². The van der Waals surface area contributed by atoms with E-state index in [2.05, 4.69) is 17.1 Å².